The maximum atomic E-state index is 12.3. The van der Waals surface area contributed by atoms with Gasteiger partial charge in [0, 0.05) is 0 Å². The van der Waals surface area contributed by atoms with E-state index in [0.717, 1.165) is 0 Å². The second kappa shape index (κ2) is 4.43. The first-order valence-corrected chi connectivity index (χ1v) is 6.44. The second-order valence-corrected chi connectivity index (χ2v) is 5.60. The first-order chi connectivity index (χ1) is 9.00. The number of hydrogen-bond donors (Lipinski definition) is 0. The maximum Gasteiger partial charge on any atom is 0.329 e. The molecule has 0 aromatic carbocycles. The topological polar surface area (TPSA) is 74.9 Å². The van der Waals surface area contributed by atoms with Crippen LogP contribution >= 0.6 is 0 Å². The Balaban J connectivity index is 1.62. The standard InChI is InChI=1S/C12H18N2O5/c1-12(2)10(15)13(3-8-5-18-8)11(16)14(12)7-17-4-9-6-19-9/h8-9H,3-7H2,1-2H3. The lowest BCUT2D eigenvalue weighted by Crippen LogP contribution is -2.45. The predicted octanol–water partition coefficient (Wildman–Crippen LogP) is -0.199. The lowest BCUT2D eigenvalue weighted by atomic mass is 10.1. The SMILES string of the molecule is CC1(C)C(=O)N(CC2CO2)C(=O)N1COCC1CO1. The van der Waals surface area contributed by atoms with E-state index in [-0.39, 0.29) is 30.9 Å². The van der Waals surface area contributed by atoms with Crippen molar-refractivity contribution < 1.29 is 23.8 Å². The summed E-state index contributed by atoms with van der Waals surface area (Å²) in [5.41, 5.74) is -0.865. The second-order valence-electron chi connectivity index (χ2n) is 5.60. The van der Waals surface area contributed by atoms with Crippen molar-refractivity contribution in [1.29, 1.82) is 0 Å². The highest BCUT2D eigenvalue weighted by molar-refractivity contribution is 6.06. The minimum absolute atomic E-state index is 0.00410. The zero-order valence-electron chi connectivity index (χ0n) is 11.1. The van der Waals surface area contributed by atoms with E-state index in [1.54, 1.807) is 13.8 Å². The fraction of sp³-hybridized carbons (Fsp3) is 0.833. The summed E-state index contributed by atoms with van der Waals surface area (Å²) in [6, 6.07) is -0.304. The molecule has 3 saturated heterocycles. The molecule has 3 amide bonds. The van der Waals surface area contributed by atoms with Crippen LogP contribution in [-0.2, 0) is 19.0 Å². The largest absolute Gasteiger partial charge is 0.371 e. The van der Waals surface area contributed by atoms with Crippen molar-refractivity contribution in [3.8, 4) is 0 Å². The van der Waals surface area contributed by atoms with Gasteiger partial charge in [-0.2, -0.15) is 0 Å². The van der Waals surface area contributed by atoms with Crippen LogP contribution in [0.15, 0.2) is 0 Å². The monoisotopic (exact) mass is 270 g/mol. The maximum absolute atomic E-state index is 12.3. The fourth-order valence-corrected chi connectivity index (χ4v) is 2.11. The van der Waals surface area contributed by atoms with Crippen molar-refractivity contribution in [2.75, 3.05) is 33.1 Å². The molecule has 0 N–H and O–H groups in total. The van der Waals surface area contributed by atoms with E-state index in [1.165, 1.54) is 9.80 Å². The van der Waals surface area contributed by atoms with Crippen molar-refractivity contribution in [3.05, 3.63) is 0 Å². The molecule has 3 fully saturated rings. The highest BCUT2D eigenvalue weighted by Gasteiger charge is 2.52. The van der Waals surface area contributed by atoms with Crippen LogP contribution in [0.25, 0.3) is 0 Å². The Hall–Kier alpha value is -1.18. The molecule has 0 aromatic rings. The molecule has 0 aliphatic carbocycles. The van der Waals surface area contributed by atoms with E-state index in [1.807, 2.05) is 0 Å². The number of hydrogen-bond acceptors (Lipinski definition) is 5. The van der Waals surface area contributed by atoms with E-state index in [4.69, 9.17) is 14.2 Å². The minimum atomic E-state index is -0.865. The molecule has 3 heterocycles. The van der Waals surface area contributed by atoms with Crippen LogP contribution in [-0.4, -0.2) is 72.6 Å². The number of epoxide rings is 2. The molecule has 2 atom stereocenters. The number of rotatable bonds is 6. The van der Waals surface area contributed by atoms with Gasteiger partial charge in [-0.3, -0.25) is 14.6 Å². The highest BCUT2D eigenvalue weighted by Crippen LogP contribution is 2.29. The first kappa shape index (κ1) is 12.8. The molecule has 3 aliphatic rings. The molecule has 3 rings (SSSR count). The number of nitrogens with zero attached hydrogens (tertiary/aromatic N) is 2. The summed E-state index contributed by atoms with van der Waals surface area (Å²) in [6.07, 6.45) is 0.150. The van der Waals surface area contributed by atoms with Gasteiger partial charge in [-0.15, -0.1) is 0 Å². The summed E-state index contributed by atoms with van der Waals surface area (Å²) in [4.78, 5) is 27.2. The molecule has 0 aromatic heterocycles. The number of urea groups is 1. The lowest BCUT2D eigenvalue weighted by Gasteiger charge is -2.27. The molecule has 19 heavy (non-hydrogen) atoms. The van der Waals surface area contributed by atoms with Gasteiger partial charge in [0.1, 0.15) is 18.4 Å². The summed E-state index contributed by atoms with van der Waals surface area (Å²) in [7, 11) is 0. The van der Waals surface area contributed by atoms with Crippen LogP contribution < -0.4 is 0 Å². The van der Waals surface area contributed by atoms with Gasteiger partial charge in [-0.25, -0.2) is 4.79 Å². The summed E-state index contributed by atoms with van der Waals surface area (Å²) in [5, 5.41) is 0. The molecule has 3 aliphatic heterocycles. The summed E-state index contributed by atoms with van der Waals surface area (Å²) in [5.74, 6) is -0.195. The third-order valence-corrected chi connectivity index (χ3v) is 3.62. The van der Waals surface area contributed by atoms with E-state index < -0.39 is 5.54 Å². The molecular formula is C12H18N2O5. The summed E-state index contributed by atoms with van der Waals surface area (Å²) in [6.45, 7) is 5.70. The molecule has 0 saturated carbocycles. The summed E-state index contributed by atoms with van der Waals surface area (Å²) < 4.78 is 15.5. The van der Waals surface area contributed by atoms with Crippen LogP contribution in [0.5, 0.6) is 0 Å². The Kier molecular flexibility index (Phi) is 2.99. The first-order valence-electron chi connectivity index (χ1n) is 6.44. The van der Waals surface area contributed by atoms with Crippen molar-refractivity contribution in [2.24, 2.45) is 0 Å². The molecule has 2 unspecified atom stereocenters. The number of carbonyl (C=O) groups is 2. The third kappa shape index (κ3) is 2.45. The predicted molar refractivity (Wildman–Crippen MR) is 63.3 cm³/mol. The Morgan fingerprint density at radius 1 is 1.26 bits per heavy atom. The number of ether oxygens (including phenoxy) is 3. The third-order valence-electron chi connectivity index (χ3n) is 3.62. The van der Waals surface area contributed by atoms with Crippen LogP contribution in [0.2, 0.25) is 0 Å². The van der Waals surface area contributed by atoms with Gasteiger partial charge in [-0.1, -0.05) is 0 Å². The van der Waals surface area contributed by atoms with Crippen molar-refractivity contribution in [1.82, 2.24) is 9.80 Å². The zero-order valence-corrected chi connectivity index (χ0v) is 11.1. The molecule has 0 radical (unpaired) electrons. The highest BCUT2D eigenvalue weighted by atomic mass is 16.6. The number of amides is 3. The minimum Gasteiger partial charge on any atom is -0.371 e. The van der Waals surface area contributed by atoms with Gasteiger partial charge in [0.25, 0.3) is 5.91 Å². The van der Waals surface area contributed by atoms with Gasteiger partial charge < -0.3 is 14.2 Å². The molecule has 0 spiro atoms. The van der Waals surface area contributed by atoms with Crippen LogP contribution in [0.4, 0.5) is 4.79 Å². The average Bonchev–Trinajstić information content (AvgIpc) is 3.23. The van der Waals surface area contributed by atoms with E-state index in [2.05, 4.69) is 0 Å². The molecular weight excluding hydrogens is 252 g/mol. The zero-order chi connectivity index (χ0) is 13.6. The average molecular weight is 270 g/mol. The molecule has 0 bridgehead atoms. The van der Waals surface area contributed by atoms with Crippen LogP contribution in [0.3, 0.4) is 0 Å². The number of imide groups is 1. The van der Waals surface area contributed by atoms with Gasteiger partial charge in [0.15, 0.2) is 0 Å². The van der Waals surface area contributed by atoms with Gasteiger partial charge in [-0.05, 0) is 13.8 Å². The molecule has 106 valence electrons. The van der Waals surface area contributed by atoms with Gasteiger partial charge in [0.05, 0.1) is 32.5 Å². The van der Waals surface area contributed by atoms with Gasteiger partial charge in [0.2, 0.25) is 0 Å². The Morgan fingerprint density at radius 3 is 2.47 bits per heavy atom. The Labute approximate surface area is 111 Å². The quantitative estimate of drug-likeness (QED) is 0.493. The Morgan fingerprint density at radius 2 is 1.89 bits per heavy atom. The van der Waals surface area contributed by atoms with Crippen molar-refractivity contribution >= 4 is 11.9 Å². The molecule has 7 nitrogen and oxygen atoms in total. The molecule has 7 heteroatoms. The van der Waals surface area contributed by atoms with E-state index in [0.29, 0.717) is 26.4 Å². The van der Waals surface area contributed by atoms with E-state index >= 15 is 0 Å². The van der Waals surface area contributed by atoms with Crippen LogP contribution in [0, 0.1) is 0 Å². The number of carbonyl (C=O) groups excluding carboxylic acids is 2. The van der Waals surface area contributed by atoms with Crippen molar-refractivity contribution in [2.45, 2.75) is 31.6 Å². The fourth-order valence-electron chi connectivity index (χ4n) is 2.11. The smallest absolute Gasteiger partial charge is 0.329 e. The summed E-state index contributed by atoms with van der Waals surface area (Å²) >= 11 is 0. The lowest BCUT2D eigenvalue weighted by molar-refractivity contribution is -0.133. The van der Waals surface area contributed by atoms with Crippen LogP contribution in [0.1, 0.15) is 13.8 Å². The van der Waals surface area contributed by atoms with Gasteiger partial charge >= 0.3 is 6.03 Å². The van der Waals surface area contributed by atoms with E-state index in [9.17, 15) is 9.59 Å². The Bertz CT molecular complexity index is 403. The normalized spacial score (nSPS) is 32.1. The van der Waals surface area contributed by atoms with Crippen molar-refractivity contribution in [3.63, 3.8) is 0 Å².